The van der Waals surface area contributed by atoms with E-state index in [0.29, 0.717) is 34.5 Å². The quantitative estimate of drug-likeness (QED) is 0.375. The molecule has 4 aromatic rings. The summed E-state index contributed by atoms with van der Waals surface area (Å²) >= 11 is 12.5. The van der Waals surface area contributed by atoms with Crippen LogP contribution in [0.25, 0.3) is 0 Å². The lowest BCUT2D eigenvalue weighted by molar-refractivity contribution is 0.102. The molecule has 7 nitrogen and oxygen atoms in total. The van der Waals surface area contributed by atoms with Crippen molar-refractivity contribution in [2.75, 3.05) is 5.32 Å². The first-order valence-electron chi connectivity index (χ1n) is 9.83. The van der Waals surface area contributed by atoms with E-state index in [-0.39, 0.29) is 11.7 Å². The summed E-state index contributed by atoms with van der Waals surface area (Å²) in [6, 6.07) is 14.3. The van der Waals surface area contributed by atoms with Crippen molar-refractivity contribution in [1.29, 1.82) is 0 Å². The van der Waals surface area contributed by atoms with Gasteiger partial charge in [-0.2, -0.15) is 5.10 Å². The first kappa shape index (κ1) is 21.9. The van der Waals surface area contributed by atoms with E-state index in [1.165, 1.54) is 0 Å². The number of aromatic nitrogens is 3. The highest BCUT2D eigenvalue weighted by molar-refractivity contribution is 6.33. The van der Waals surface area contributed by atoms with Crippen LogP contribution >= 0.6 is 23.2 Å². The van der Waals surface area contributed by atoms with Gasteiger partial charge in [0.2, 0.25) is 0 Å². The number of rotatable bonds is 7. The van der Waals surface area contributed by atoms with Gasteiger partial charge >= 0.3 is 0 Å². The van der Waals surface area contributed by atoms with Crippen LogP contribution in [0.3, 0.4) is 0 Å². The Morgan fingerprint density at radius 3 is 2.53 bits per heavy atom. The average Bonchev–Trinajstić information content (AvgIpc) is 3.29. The van der Waals surface area contributed by atoms with E-state index >= 15 is 0 Å². The number of halogens is 2. The molecule has 0 aliphatic rings. The summed E-state index contributed by atoms with van der Waals surface area (Å²) in [5.74, 6) is 1.31. The zero-order chi connectivity index (χ0) is 22.7. The molecule has 0 spiro atoms. The van der Waals surface area contributed by atoms with Crippen LogP contribution in [0.2, 0.25) is 10.0 Å². The van der Waals surface area contributed by atoms with E-state index in [1.54, 1.807) is 35.1 Å². The minimum Gasteiger partial charge on any atom is -0.489 e. The minimum atomic E-state index is -0.327. The molecule has 0 radical (unpaired) electrons. The van der Waals surface area contributed by atoms with Gasteiger partial charge in [0, 0.05) is 16.8 Å². The van der Waals surface area contributed by atoms with Crippen LogP contribution in [0.5, 0.6) is 5.75 Å². The van der Waals surface area contributed by atoms with Gasteiger partial charge in [-0.3, -0.25) is 9.48 Å². The lowest BCUT2D eigenvalue weighted by Gasteiger charge is -2.07. The van der Waals surface area contributed by atoms with Gasteiger partial charge in [-0.15, -0.1) is 0 Å². The van der Waals surface area contributed by atoms with Crippen LogP contribution < -0.4 is 10.1 Å². The van der Waals surface area contributed by atoms with E-state index in [9.17, 15) is 4.79 Å². The number of carbonyl (C=O) groups excluding carboxylic acids is 1. The van der Waals surface area contributed by atoms with Gasteiger partial charge in [0.05, 0.1) is 17.8 Å². The summed E-state index contributed by atoms with van der Waals surface area (Å²) in [6.45, 7) is 4.48. The highest BCUT2D eigenvalue weighted by Gasteiger charge is 2.14. The Bertz CT molecular complexity index is 1230. The Morgan fingerprint density at radius 2 is 1.84 bits per heavy atom. The molecule has 0 fully saturated rings. The van der Waals surface area contributed by atoms with Gasteiger partial charge in [0.25, 0.3) is 5.91 Å². The monoisotopic (exact) mass is 470 g/mol. The Hall–Kier alpha value is -3.29. The SMILES string of the molecule is Cc1noc(C)c1COc1ccc(C(=O)Nc2nn(Cc3ccccc3Cl)cc2Cl)cc1. The van der Waals surface area contributed by atoms with Gasteiger partial charge in [-0.05, 0) is 49.7 Å². The molecular formula is C23H20Cl2N4O3. The van der Waals surface area contributed by atoms with Crippen molar-refractivity contribution < 1.29 is 14.1 Å². The van der Waals surface area contributed by atoms with Crippen molar-refractivity contribution in [2.24, 2.45) is 0 Å². The van der Waals surface area contributed by atoms with Gasteiger partial charge in [-0.1, -0.05) is 46.6 Å². The summed E-state index contributed by atoms with van der Waals surface area (Å²) in [4.78, 5) is 12.6. The molecule has 4 rings (SSSR count). The van der Waals surface area contributed by atoms with Crippen LogP contribution in [-0.4, -0.2) is 20.8 Å². The van der Waals surface area contributed by atoms with E-state index in [1.807, 2.05) is 38.1 Å². The number of benzene rings is 2. The van der Waals surface area contributed by atoms with Gasteiger partial charge < -0.3 is 14.6 Å². The van der Waals surface area contributed by atoms with Crippen LogP contribution in [0.4, 0.5) is 5.82 Å². The van der Waals surface area contributed by atoms with E-state index in [0.717, 1.165) is 22.6 Å². The first-order chi connectivity index (χ1) is 15.4. The van der Waals surface area contributed by atoms with E-state index in [4.69, 9.17) is 32.5 Å². The molecule has 0 aliphatic carbocycles. The maximum absolute atomic E-state index is 12.6. The molecule has 2 aromatic heterocycles. The number of hydrogen-bond acceptors (Lipinski definition) is 5. The summed E-state index contributed by atoms with van der Waals surface area (Å²) in [5, 5.41) is 12.0. The number of aryl methyl sites for hydroxylation is 2. The molecule has 0 bridgehead atoms. The van der Waals surface area contributed by atoms with Crippen LogP contribution in [0.15, 0.2) is 59.3 Å². The summed E-state index contributed by atoms with van der Waals surface area (Å²) in [6.07, 6.45) is 1.64. The fourth-order valence-electron chi connectivity index (χ4n) is 3.11. The van der Waals surface area contributed by atoms with Crippen molar-refractivity contribution >= 4 is 34.9 Å². The number of nitrogens with zero attached hydrogens (tertiary/aromatic N) is 3. The van der Waals surface area contributed by atoms with Crippen LogP contribution in [0, 0.1) is 13.8 Å². The molecule has 0 saturated heterocycles. The third-order valence-electron chi connectivity index (χ3n) is 4.92. The largest absolute Gasteiger partial charge is 0.489 e. The molecule has 0 atom stereocenters. The third kappa shape index (κ3) is 4.95. The molecule has 32 heavy (non-hydrogen) atoms. The van der Waals surface area contributed by atoms with Gasteiger partial charge in [0.15, 0.2) is 5.82 Å². The highest BCUT2D eigenvalue weighted by Crippen LogP contribution is 2.23. The Morgan fingerprint density at radius 1 is 1.09 bits per heavy atom. The molecule has 0 unspecified atom stereocenters. The topological polar surface area (TPSA) is 82.2 Å². The predicted molar refractivity (Wildman–Crippen MR) is 122 cm³/mol. The number of nitrogens with one attached hydrogen (secondary N) is 1. The number of anilines is 1. The molecule has 1 amide bonds. The smallest absolute Gasteiger partial charge is 0.256 e. The van der Waals surface area contributed by atoms with Crippen molar-refractivity contribution in [3.8, 4) is 5.75 Å². The van der Waals surface area contributed by atoms with E-state index in [2.05, 4.69) is 15.6 Å². The van der Waals surface area contributed by atoms with Crippen LogP contribution in [0.1, 0.15) is 32.9 Å². The third-order valence-corrected chi connectivity index (χ3v) is 5.57. The maximum Gasteiger partial charge on any atom is 0.256 e. The van der Waals surface area contributed by atoms with E-state index < -0.39 is 0 Å². The summed E-state index contributed by atoms with van der Waals surface area (Å²) in [7, 11) is 0. The Labute approximate surface area is 194 Å². The van der Waals surface area contributed by atoms with Crippen LogP contribution in [-0.2, 0) is 13.2 Å². The fraction of sp³-hybridized carbons (Fsp3) is 0.174. The Balaban J connectivity index is 1.38. The molecule has 2 heterocycles. The average molecular weight is 471 g/mol. The fourth-order valence-corrected chi connectivity index (χ4v) is 3.50. The molecule has 2 aromatic carbocycles. The maximum atomic E-state index is 12.6. The zero-order valence-corrected chi connectivity index (χ0v) is 18.9. The normalized spacial score (nSPS) is 10.9. The highest BCUT2D eigenvalue weighted by atomic mass is 35.5. The van der Waals surface area contributed by atoms with Crippen molar-refractivity contribution in [2.45, 2.75) is 27.0 Å². The molecule has 0 saturated carbocycles. The second-order valence-electron chi connectivity index (χ2n) is 7.18. The van der Waals surface area contributed by atoms with Crippen molar-refractivity contribution in [3.63, 3.8) is 0 Å². The first-order valence-corrected chi connectivity index (χ1v) is 10.6. The van der Waals surface area contributed by atoms with Crippen molar-refractivity contribution in [3.05, 3.63) is 92.9 Å². The number of carbonyl (C=O) groups is 1. The van der Waals surface area contributed by atoms with Crippen molar-refractivity contribution in [1.82, 2.24) is 14.9 Å². The lowest BCUT2D eigenvalue weighted by atomic mass is 10.2. The minimum absolute atomic E-state index is 0.280. The second kappa shape index (κ2) is 9.46. The summed E-state index contributed by atoms with van der Waals surface area (Å²) < 4.78 is 12.5. The standard InChI is InChI=1S/C23H20Cl2N4O3/c1-14-19(15(2)32-28-14)13-31-18-9-7-16(8-10-18)23(30)26-22-21(25)12-29(27-22)11-17-5-3-4-6-20(17)24/h3-10,12H,11,13H2,1-2H3,(H,26,27,30). The molecule has 9 heteroatoms. The second-order valence-corrected chi connectivity index (χ2v) is 8.00. The van der Waals surface area contributed by atoms with Gasteiger partial charge in [-0.25, -0.2) is 0 Å². The molecule has 164 valence electrons. The molecule has 1 N–H and O–H groups in total. The number of ether oxygens (including phenoxy) is 1. The molecular weight excluding hydrogens is 451 g/mol. The molecule has 0 aliphatic heterocycles. The number of amides is 1. The number of hydrogen-bond donors (Lipinski definition) is 1. The predicted octanol–water partition coefficient (Wildman–Crippen LogP) is 5.67. The Kier molecular flexibility index (Phi) is 6.48. The zero-order valence-electron chi connectivity index (χ0n) is 17.4. The lowest BCUT2D eigenvalue weighted by Crippen LogP contribution is -2.13. The summed E-state index contributed by atoms with van der Waals surface area (Å²) in [5.41, 5.74) is 3.06. The van der Waals surface area contributed by atoms with Gasteiger partial charge in [0.1, 0.15) is 23.1 Å².